The smallest absolute Gasteiger partial charge is 0.227 e. The van der Waals surface area contributed by atoms with E-state index in [0.29, 0.717) is 21.2 Å². The lowest BCUT2D eigenvalue weighted by atomic mass is 9.96. The molecule has 1 saturated heterocycles. The number of ketones is 1. The molecule has 4 rings (SSSR count). The van der Waals surface area contributed by atoms with Crippen molar-refractivity contribution in [2.45, 2.75) is 31.5 Å². The summed E-state index contributed by atoms with van der Waals surface area (Å²) in [6.07, 6.45) is -1.64. The molecule has 0 aliphatic carbocycles. The van der Waals surface area contributed by atoms with E-state index in [0.717, 1.165) is 0 Å². The molecule has 0 N–H and O–H groups in total. The zero-order valence-electron chi connectivity index (χ0n) is 17.6. The van der Waals surface area contributed by atoms with Gasteiger partial charge < -0.3 is 4.90 Å². The van der Waals surface area contributed by atoms with Gasteiger partial charge in [0.05, 0.1) is 19.0 Å². The van der Waals surface area contributed by atoms with Crippen molar-refractivity contribution in [1.29, 1.82) is 0 Å². The molecule has 0 radical (unpaired) electrons. The Morgan fingerprint density at radius 2 is 1.67 bits per heavy atom. The van der Waals surface area contributed by atoms with Crippen LogP contribution < -0.4 is 0 Å². The highest BCUT2D eigenvalue weighted by molar-refractivity contribution is 6.33. The molecule has 1 aliphatic rings. The molecule has 0 saturated carbocycles. The van der Waals surface area contributed by atoms with Crippen molar-refractivity contribution in [2.24, 2.45) is 0 Å². The zero-order valence-corrected chi connectivity index (χ0v) is 19.1. The molecule has 3 aromatic rings. The Morgan fingerprint density at radius 3 is 2.42 bits per heavy atom. The summed E-state index contributed by atoms with van der Waals surface area (Å²) in [4.78, 5) is 27.2. The lowest BCUT2D eigenvalue weighted by molar-refractivity contribution is -0.136. The molecule has 170 valence electrons. The second-order valence-corrected chi connectivity index (χ2v) is 8.95. The average Bonchev–Trinajstić information content (AvgIpc) is 3.18. The first-order valence-corrected chi connectivity index (χ1v) is 11.3. The van der Waals surface area contributed by atoms with Crippen LogP contribution in [0.2, 0.25) is 10.0 Å². The van der Waals surface area contributed by atoms with E-state index in [-0.39, 0.29) is 42.8 Å². The number of amides is 1. The maximum atomic E-state index is 15.3. The van der Waals surface area contributed by atoms with E-state index in [2.05, 4.69) is 0 Å². The third kappa shape index (κ3) is 5.26. The number of Topliss-reactive ketones (excluding diaryl/α,β-unsaturated/α-hetero) is 1. The molecule has 7 heteroatoms. The molecule has 2 atom stereocenters. The molecule has 0 bridgehead atoms. The average molecular weight is 488 g/mol. The summed E-state index contributed by atoms with van der Waals surface area (Å²) in [6.45, 7) is -0.155. The Kier molecular flexibility index (Phi) is 7.11. The van der Waals surface area contributed by atoms with Crippen LogP contribution in [0.1, 0.15) is 17.5 Å². The second kappa shape index (κ2) is 10.0. The molecule has 1 fully saturated rings. The molecule has 1 aliphatic heterocycles. The SMILES string of the molecule is O=C(Cc1cccc(-c2ccccc2Cl)c1F)[C@@H]1C[C@@H](F)CN1C(=O)Cc1cccc(Cl)c1. The van der Waals surface area contributed by atoms with Gasteiger partial charge in [-0.15, -0.1) is 0 Å². The summed E-state index contributed by atoms with van der Waals surface area (Å²) >= 11 is 12.2. The van der Waals surface area contributed by atoms with Crippen LogP contribution in [0.5, 0.6) is 0 Å². The van der Waals surface area contributed by atoms with Gasteiger partial charge in [0.1, 0.15) is 12.0 Å². The van der Waals surface area contributed by atoms with Crippen LogP contribution in [0.3, 0.4) is 0 Å². The van der Waals surface area contributed by atoms with E-state index in [1.165, 1.54) is 11.0 Å². The summed E-state index contributed by atoms with van der Waals surface area (Å²) < 4.78 is 29.5. The van der Waals surface area contributed by atoms with Gasteiger partial charge in [-0.1, -0.05) is 71.7 Å². The molecule has 0 aromatic heterocycles. The highest BCUT2D eigenvalue weighted by Gasteiger charge is 2.39. The van der Waals surface area contributed by atoms with Gasteiger partial charge in [-0.25, -0.2) is 8.78 Å². The van der Waals surface area contributed by atoms with Crippen molar-refractivity contribution in [1.82, 2.24) is 4.90 Å². The Balaban J connectivity index is 1.53. The first kappa shape index (κ1) is 23.4. The fraction of sp³-hybridized carbons (Fsp3) is 0.231. The molecule has 0 spiro atoms. The molecule has 33 heavy (non-hydrogen) atoms. The lowest BCUT2D eigenvalue weighted by Gasteiger charge is -2.23. The van der Waals surface area contributed by atoms with Crippen LogP contribution in [0.4, 0.5) is 8.78 Å². The van der Waals surface area contributed by atoms with E-state index in [1.54, 1.807) is 60.7 Å². The molecular formula is C26H21Cl2F2NO2. The van der Waals surface area contributed by atoms with E-state index in [1.807, 2.05) is 0 Å². The predicted octanol–water partition coefficient (Wildman–Crippen LogP) is 6.09. The minimum Gasteiger partial charge on any atom is -0.329 e. The number of benzene rings is 3. The molecule has 1 heterocycles. The van der Waals surface area contributed by atoms with E-state index in [4.69, 9.17) is 23.2 Å². The van der Waals surface area contributed by atoms with Gasteiger partial charge in [0.15, 0.2) is 5.78 Å². The summed E-state index contributed by atoms with van der Waals surface area (Å²) in [7, 11) is 0. The Bertz CT molecular complexity index is 1200. The Labute approximate surface area is 200 Å². The third-order valence-electron chi connectivity index (χ3n) is 5.79. The number of carbonyl (C=O) groups is 2. The highest BCUT2D eigenvalue weighted by Crippen LogP contribution is 2.32. The van der Waals surface area contributed by atoms with Gasteiger partial charge in [-0.3, -0.25) is 9.59 Å². The van der Waals surface area contributed by atoms with E-state index in [9.17, 15) is 14.0 Å². The number of carbonyl (C=O) groups excluding carboxylic acids is 2. The molecule has 1 amide bonds. The molecule has 3 aromatic carbocycles. The van der Waals surface area contributed by atoms with E-state index >= 15 is 4.39 Å². The van der Waals surface area contributed by atoms with Crippen molar-refractivity contribution >= 4 is 34.9 Å². The van der Waals surface area contributed by atoms with Crippen molar-refractivity contribution in [3.05, 3.63) is 93.7 Å². The van der Waals surface area contributed by atoms with Crippen LogP contribution in [0.25, 0.3) is 11.1 Å². The molecule has 0 unspecified atom stereocenters. The number of likely N-dealkylation sites (tertiary alicyclic amines) is 1. The molecule has 3 nitrogen and oxygen atoms in total. The topological polar surface area (TPSA) is 37.4 Å². The normalized spacial score (nSPS) is 17.9. The van der Waals surface area contributed by atoms with Crippen molar-refractivity contribution < 1.29 is 18.4 Å². The first-order valence-electron chi connectivity index (χ1n) is 10.6. The summed E-state index contributed by atoms with van der Waals surface area (Å²) in [5, 5.41) is 0.889. The van der Waals surface area contributed by atoms with Crippen LogP contribution >= 0.6 is 23.2 Å². The quantitative estimate of drug-likeness (QED) is 0.421. The zero-order chi connectivity index (χ0) is 23.5. The van der Waals surface area contributed by atoms with Gasteiger partial charge in [0.2, 0.25) is 5.91 Å². The Hall–Kier alpha value is -2.76. The summed E-state index contributed by atoms with van der Waals surface area (Å²) in [6, 6.07) is 17.5. The van der Waals surface area contributed by atoms with Crippen LogP contribution in [0.15, 0.2) is 66.7 Å². The maximum absolute atomic E-state index is 15.3. The van der Waals surface area contributed by atoms with Gasteiger partial charge in [-0.05, 0) is 29.3 Å². The molecular weight excluding hydrogens is 467 g/mol. The van der Waals surface area contributed by atoms with Crippen LogP contribution in [-0.2, 0) is 22.4 Å². The van der Waals surface area contributed by atoms with Gasteiger partial charge in [0, 0.05) is 34.0 Å². The summed E-state index contributed by atoms with van der Waals surface area (Å²) in [5.74, 6) is -1.31. The predicted molar refractivity (Wildman–Crippen MR) is 126 cm³/mol. The fourth-order valence-electron chi connectivity index (χ4n) is 4.20. The lowest BCUT2D eigenvalue weighted by Crippen LogP contribution is -2.42. The van der Waals surface area contributed by atoms with Crippen LogP contribution in [0, 0.1) is 5.82 Å². The van der Waals surface area contributed by atoms with Crippen molar-refractivity contribution in [3.63, 3.8) is 0 Å². The second-order valence-electron chi connectivity index (χ2n) is 8.10. The van der Waals surface area contributed by atoms with Crippen molar-refractivity contribution in [3.8, 4) is 11.1 Å². The number of rotatable bonds is 6. The van der Waals surface area contributed by atoms with Gasteiger partial charge in [-0.2, -0.15) is 0 Å². The number of alkyl halides is 1. The van der Waals surface area contributed by atoms with Crippen LogP contribution in [-0.4, -0.2) is 35.3 Å². The Morgan fingerprint density at radius 1 is 0.939 bits per heavy atom. The standard InChI is InChI=1S/C26H21Cl2F2NO2/c27-18-7-3-5-16(11-18)12-25(33)31-15-19(29)14-23(31)24(32)13-17-6-4-9-21(26(17)30)20-8-1-2-10-22(20)28/h1-11,19,23H,12-15H2/t19-,23+/m1/s1. The number of nitrogens with zero attached hydrogens (tertiary/aromatic N) is 1. The summed E-state index contributed by atoms with van der Waals surface area (Å²) in [5.41, 5.74) is 1.67. The minimum atomic E-state index is -1.30. The number of hydrogen-bond acceptors (Lipinski definition) is 2. The fourth-order valence-corrected chi connectivity index (χ4v) is 4.65. The highest BCUT2D eigenvalue weighted by atomic mass is 35.5. The van der Waals surface area contributed by atoms with Gasteiger partial charge >= 0.3 is 0 Å². The maximum Gasteiger partial charge on any atom is 0.227 e. The largest absolute Gasteiger partial charge is 0.329 e. The van der Waals surface area contributed by atoms with Crippen molar-refractivity contribution in [2.75, 3.05) is 6.54 Å². The number of hydrogen-bond donors (Lipinski definition) is 0. The first-order chi connectivity index (χ1) is 15.8. The van der Waals surface area contributed by atoms with Gasteiger partial charge in [0.25, 0.3) is 0 Å². The van der Waals surface area contributed by atoms with E-state index < -0.39 is 23.8 Å². The minimum absolute atomic E-state index is 0.00735. The number of halogens is 4. The monoisotopic (exact) mass is 487 g/mol. The third-order valence-corrected chi connectivity index (χ3v) is 6.36.